The molecule has 0 radical (unpaired) electrons. The van der Waals surface area contributed by atoms with Crippen LogP contribution < -0.4 is 16.9 Å². The molecule has 0 saturated heterocycles. The first-order valence-electron chi connectivity index (χ1n) is 3.73. The van der Waals surface area contributed by atoms with Gasteiger partial charge in [-0.05, 0) is 29.9 Å². The topological polar surface area (TPSA) is 76.4 Å². The second-order valence-electron chi connectivity index (χ2n) is 2.52. The minimum absolute atomic E-state index is 0.0529. The molecule has 0 aliphatic rings. The lowest BCUT2D eigenvalue weighted by molar-refractivity contribution is 0.632. The Morgan fingerprint density at radius 3 is 2.86 bits per heavy atom. The summed E-state index contributed by atoms with van der Waals surface area (Å²) < 4.78 is 12.9. The van der Waals surface area contributed by atoms with Crippen LogP contribution in [-0.2, 0) is 0 Å². The highest BCUT2D eigenvalue weighted by atomic mass is 32.1. The van der Waals surface area contributed by atoms with Crippen molar-refractivity contribution in [1.82, 2.24) is 5.43 Å². The first kappa shape index (κ1) is 10.4. The van der Waals surface area contributed by atoms with Gasteiger partial charge in [0.2, 0.25) is 0 Å². The van der Waals surface area contributed by atoms with Crippen LogP contribution in [-0.4, -0.2) is 11.3 Å². The minimum Gasteiger partial charge on any atom is -0.396 e. The van der Waals surface area contributed by atoms with Crippen molar-refractivity contribution in [3.8, 4) is 0 Å². The smallest absolute Gasteiger partial charge is 0.184 e. The van der Waals surface area contributed by atoms with Gasteiger partial charge >= 0.3 is 0 Å². The molecule has 0 heterocycles. The molecule has 74 valence electrons. The molecule has 0 aromatic heterocycles. The normalized spacial score (nSPS) is 10.4. The first-order chi connectivity index (χ1) is 6.59. The number of nitrogens with one attached hydrogen (secondary N) is 1. The SMILES string of the molecule is NC(=S)N/N=C/c1ccc(N)c(F)c1. The fraction of sp³-hybridized carbons (Fsp3) is 0. The summed E-state index contributed by atoms with van der Waals surface area (Å²) in [5.41, 5.74) is 13.4. The second kappa shape index (κ2) is 4.52. The maximum atomic E-state index is 12.9. The fourth-order valence-electron chi connectivity index (χ4n) is 0.794. The third-order valence-electron chi connectivity index (χ3n) is 1.41. The van der Waals surface area contributed by atoms with Gasteiger partial charge in [0.1, 0.15) is 5.82 Å². The van der Waals surface area contributed by atoms with E-state index in [1.165, 1.54) is 18.3 Å². The Morgan fingerprint density at radius 2 is 2.29 bits per heavy atom. The van der Waals surface area contributed by atoms with Crippen LogP contribution in [0.4, 0.5) is 10.1 Å². The van der Waals surface area contributed by atoms with Crippen molar-refractivity contribution in [3.05, 3.63) is 29.6 Å². The molecule has 1 aromatic carbocycles. The predicted octanol–water partition coefficient (Wildman–Crippen LogP) is 0.575. The first-order valence-corrected chi connectivity index (χ1v) is 4.14. The van der Waals surface area contributed by atoms with Crippen LogP contribution in [0.25, 0.3) is 0 Å². The molecule has 14 heavy (non-hydrogen) atoms. The van der Waals surface area contributed by atoms with Gasteiger partial charge in [0.25, 0.3) is 0 Å². The molecule has 0 saturated carbocycles. The highest BCUT2D eigenvalue weighted by Crippen LogP contribution is 2.10. The lowest BCUT2D eigenvalue weighted by Crippen LogP contribution is -2.23. The van der Waals surface area contributed by atoms with Crippen molar-refractivity contribution in [2.75, 3.05) is 5.73 Å². The largest absolute Gasteiger partial charge is 0.396 e. The number of thiocarbonyl (C=S) groups is 1. The number of nitrogen functional groups attached to an aromatic ring is 1. The Labute approximate surface area is 85.8 Å². The zero-order valence-corrected chi connectivity index (χ0v) is 8.01. The maximum absolute atomic E-state index is 12.9. The number of rotatable bonds is 2. The van der Waals surface area contributed by atoms with E-state index in [4.69, 9.17) is 11.5 Å². The number of anilines is 1. The van der Waals surface area contributed by atoms with E-state index < -0.39 is 5.82 Å². The van der Waals surface area contributed by atoms with Gasteiger partial charge in [-0.2, -0.15) is 5.10 Å². The van der Waals surface area contributed by atoms with Crippen LogP contribution >= 0.6 is 12.2 Å². The molecule has 0 atom stereocenters. The summed E-state index contributed by atoms with van der Waals surface area (Å²) in [6.45, 7) is 0. The Balaban J connectivity index is 2.73. The molecule has 4 nitrogen and oxygen atoms in total. The van der Waals surface area contributed by atoms with Gasteiger partial charge in [0.05, 0.1) is 11.9 Å². The van der Waals surface area contributed by atoms with Gasteiger partial charge in [-0.3, -0.25) is 5.43 Å². The highest BCUT2D eigenvalue weighted by Gasteiger charge is 1.97. The number of hydrogen-bond acceptors (Lipinski definition) is 3. The number of hydrogen-bond donors (Lipinski definition) is 3. The van der Waals surface area contributed by atoms with E-state index in [1.54, 1.807) is 6.07 Å². The molecular weight excluding hydrogens is 203 g/mol. The summed E-state index contributed by atoms with van der Waals surface area (Å²) in [6.07, 6.45) is 1.39. The molecule has 1 rings (SSSR count). The lowest BCUT2D eigenvalue weighted by atomic mass is 10.2. The Kier molecular flexibility index (Phi) is 3.35. The van der Waals surface area contributed by atoms with E-state index in [1.807, 2.05) is 0 Å². The van der Waals surface area contributed by atoms with Crippen LogP contribution in [0.15, 0.2) is 23.3 Å². The van der Waals surface area contributed by atoms with Gasteiger partial charge < -0.3 is 11.5 Å². The van der Waals surface area contributed by atoms with Crippen molar-refractivity contribution in [2.45, 2.75) is 0 Å². The number of halogens is 1. The predicted molar refractivity (Wildman–Crippen MR) is 58.3 cm³/mol. The number of nitrogens with two attached hydrogens (primary N) is 2. The van der Waals surface area contributed by atoms with Crippen LogP contribution in [0.1, 0.15) is 5.56 Å². The van der Waals surface area contributed by atoms with Crippen LogP contribution in [0.5, 0.6) is 0 Å². The van der Waals surface area contributed by atoms with Gasteiger partial charge in [0.15, 0.2) is 5.11 Å². The average molecular weight is 212 g/mol. The summed E-state index contributed by atoms with van der Waals surface area (Å²) in [7, 11) is 0. The van der Waals surface area contributed by atoms with Crippen molar-refractivity contribution >= 4 is 29.2 Å². The molecule has 6 heteroatoms. The summed E-state index contributed by atoms with van der Waals surface area (Å²) >= 11 is 4.52. The van der Waals surface area contributed by atoms with E-state index in [9.17, 15) is 4.39 Å². The van der Waals surface area contributed by atoms with Gasteiger partial charge in [-0.25, -0.2) is 4.39 Å². The van der Waals surface area contributed by atoms with Crippen molar-refractivity contribution in [2.24, 2.45) is 10.8 Å². The third kappa shape index (κ3) is 2.98. The van der Waals surface area contributed by atoms with E-state index in [2.05, 4.69) is 22.7 Å². The summed E-state index contributed by atoms with van der Waals surface area (Å²) in [5, 5.41) is 3.72. The van der Waals surface area contributed by atoms with E-state index in [-0.39, 0.29) is 10.8 Å². The van der Waals surface area contributed by atoms with Crippen molar-refractivity contribution in [1.29, 1.82) is 0 Å². The molecule has 0 spiro atoms. The molecule has 0 amide bonds. The van der Waals surface area contributed by atoms with Gasteiger partial charge in [-0.1, -0.05) is 6.07 Å². The minimum atomic E-state index is -0.482. The highest BCUT2D eigenvalue weighted by molar-refractivity contribution is 7.80. The molecule has 1 aromatic rings. The Bertz CT molecular complexity index is 378. The lowest BCUT2D eigenvalue weighted by Gasteiger charge is -1.97. The molecule has 0 bridgehead atoms. The molecule has 0 aliphatic heterocycles. The average Bonchev–Trinajstić information content (AvgIpc) is 2.10. The zero-order valence-electron chi connectivity index (χ0n) is 7.20. The quantitative estimate of drug-likeness (QED) is 0.290. The van der Waals surface area contributed by atoms with Gasteiger partial charge in [-0.15, -0.1) is 0 Å². The molecule has 5 N–H and O–H groups in total. The van der Waals surface area contributed by atoms with Crippen molar-refractivity contribution in [3.63, 3.8) is 0 Å². The maximum Gasteiger partial charge on any atom is 0.184 e. The Hall–Kier alpha value is -1.69. The van der Waals surface area contributed by atoms with Crippen molar-refractivity contribution < 1.29 is 4.39 Å². The van der Waals surface area contributed by atoms with E-state index in [0.29, 0.717) is 5.56 Å². The van der Waals surface area contributed by atoms with Crippen LogP contribution in [0.2, 0.25) is 0 Å². The van der Waals surface area contributed by atoms with Gasteiger partial charge in [0, 0.05) is 0 Å². The number of benzene rings is 1. The zero-order chi connectivity index (χ0) is 10.6. The fourth-order valence-corrected chi connectivity index (χ4v) is 0.847. The Morgan fingerprint density at radius 1 is 1.57 bits per heavy atom. The molecule has 0 unspecified atom stereocenters. The molecule has 0 aliphatic carbocycles. The molecule has 0 fully saturated rings. The number of hydrazone groups is 1. The standard InChI is InChI=1S/C8H9FN4S/c9-6-3-5(1-2-7(6)10)4-12-13-8(11)14/h1-4H,10H2,(H3,11,13,14)/b12-4+. The third-order valence-corrected chi connectivity index (χ3v) is 1.50. The number of nitrogens with zero attached hydrogens (tertiary/aromatic N) is 1. The summed E-state index contributed by atoms with van der Waals surface area (Å²) in [6, 6.07) is 4.35. The second-order valence-corrected chi connectivity index (χ2v) is 2.96. The van der Waals surface area contributed by atoms with Crippen LogP contribution in [0, 0.1) is 5.82 Å². The summed E-state index contributed by atoms with van der Waals surface area (Å²) in [5.74, 6) is -0.482. The van der Waals surface area contributed by atoms with E-state index in [0.717, 1.165) is 0 Å². The molecular formula is C8H9FN4S. The van der Waals surface area contributed by atoms with Crippen LogP contribution in [0.3, 0.4) is 0 Å². The monoisotopic (exact) mass is 212 g/mol. The summed E-state index contributed by atoms with van der Waals surface area (Å²) in [4.78, 5) is 0. The van der Waals surface area contributed by atoms with E-state index >= 15 is 0 Å².